The quantitative estimate of drug-likeness (QED) is 0.639. The number of piperidine rings is 1. The van der Waals surface area contributed by atoms with E-state index in [9.17, 15) is 0 Å². The molecule has 0 aliphatic carbocycles. The molecule has 0 spiro atoms. The number of nitrogens with zero attached hydrogens (tertiary/aromatic N) is 1. The standard InChI is InChI=1S/C21H35N/c1-17(2)6-5-7-19-8-10-20(11-9-19)16-22-14-12-21(13-15-22)18(3)4/h8-11,17-18,21H,5-7,12-16H2,1-4H3. The van der Waals surface area contributed by atoms with E-state index in [1.165, 1.54) is 56.3 Å². The van der Waals surface area contributed by atoms with Crippen molar-refractivity contribution in [3.05, 3.63) is 35.4 Å². The molecule has 1 aliphatic rings. The van der Waals surface area contributed by atoms with Crippen molar-refractivity contribution in [2.24, 2.45) is 17.8 Å². The first kappa shape index (κ1) is 17.5. The average molecular weight is 302 g/mol. The van der Waals surface area contributed by atoms with Crippen molar-refractivity contribution in [1.82, 2.24) is 4.90 Å². The van der Waals surface area contributed by atoms with Gasteiger partial charge >= 0.3 is 0 Å². The van der Waals surface area contributed by atoms with Crippen molar-refractivity contribution in [1.29, 1.82) is 0 Å². The monoisotopic (exact) mass is 301 g/mol. The fourth-order valence-electron chi connectivity index (χ4n) is 3.56. The normalized spacial score (nSPS) is 17.5. The van der Waals surface area contributed by atoms with Gasteiger partial charge in [-0.3, -0.25) is 4.90 Å². The average Bonchev–Trinajstić information content (AvgIpc) is 2.49. The molecule has 0 amide bonds. The van der Waals surface area contributed by atoms with Crippen LogP contribution in [0.1, 0.15) is 64.5 Å². The lowest BCUT2D eigenvalue weighted by Crippen LogP contribution is -2.34. The van der Waals surface area contributed by atoms with Gasteiger partial charge in [-0.1, -0.05) is 58.4 Å². The molecule has 0 unspecified atom stereocenters. The largest absolute Gasteiger partial charge is 0.299 e. The molecular formula is C21H35N. The maximum Gasteiger partial charge on any atom is 0.0233 e. The zero-order valence-electron chi connectivity index (χ0n) is 15.1. The van der Waals surface area contributed by atoms with Gasteiger partial charge in [0.25, 0.3) is 0 Å². The van der Waals surface area contributed by atoms with Crippen molar-refractivity contribution in [3.63, 3.8) is 0 Å². The molecular weight excluding hydrogens is 266 g/mol. The minimum atomic E-state index is 0.827. The van der Waals surface area contributed by atoms with Gasteiger partial charge in [-0.2, -0.15) is 0 Å². The van der Waals surface area contributed by atoms with Crippen LogP contribution >= 0.6 is 0 Å². The van der Waals surface area contributed by atoms with E-state index >= 15 is 0 Å². The highest BCUT2D eigenvalue weighted by molar-refractivity contribution is 5.22. The Kier molecular flexibility index (Phi) is 6.95. The number of rotatable bonds is 7. The van der Waals surface area contributed by atoms with Gasteiger partial charge in [0, 0.05) is 6.54 Å². The third-order valence-electron chi connectivity index (χ3n) is 5.25. The zero-order chi connectivity index (χ0) is 15.9. The predicted octanol–water partition coefficient (Wildman–Crippen LogP) is 5.53. The molecule has 1 aliphatic heterocycles. The Balaban J connectivity index is 1.75. The Morgan fingerprint density at radius 1 is 0.955 bits per heavy atom. The number of benzene rings is 1. The molecule has 1 aromatic rings. The van der Waals surface area contributed by atoms with Crippen LogP contribution in [0.3, 0.4) is 0 Å². The second-order valence-electron chi connectivity index (χ2n) is 7.96. The Bertz CT molecular complexity index is 410. The molecule has 0 saturated carbocycles. The van der Waals surface area contributed by atoms with E-state index in [-0.39, 0.29) is 0 Å². The fourth-order valence-corrected chi connectivity index (χ4v) is 3.56. The van der Waals surface area contributed by atoms with Crippen molar-refractivity contribution in [2.75, 3.05) is 13.1 Å². The summed E-state index contributed by atoms with van der Waals surface area (Å²) in [5.74, 6) is 2.62. The summed E-state index contributed by atoms with van der Waals surface area (Å²) < 4.78 is 0. The zero-order valence-corrected chi connectivity index (χ0v) is 15.1. The molecule has 0 bridgehead atoms. The van der Waals surface area contributed by atoms with Crippen LogP contribution in [0.25, 0.3) is 0 Å². The van der Waals surface area contributed by atoms with Gasteiger partial charge in [-0.05, 0) is 67.7 Å². The highest BCUT2D eigenvalue weighted by Crippen LogP contribution is 2.25. The number of hydrogen-bond donors (Lipinski definition) is 0. The van der Waals surface area contributed by atoms with Crippen molar-refractivity contribution >= 4 is 0 Å². The molecule has 0 aromatic heterocycles. The van der Waals surface area contributed by atoms with Crippen LogP contribution in [0.4, 0.5) is 0 Å². The molecule has 1 heterocycles. The summed E-state index contributed by atoms with van der Waals surface area (Å²) in [6.45, 7) is 13.1. The summed E-state index contributed by atoms with van der Waals surface area (Å²) in [5, 5.41) is 0. The Morgan fingerprint density at radius 3 is 2.09 bits per heavy atom. The molecule has 0 radical (unpaired) electrons. The van der Waals surface area contributed by atoms with Gasteiger partial charge in [0.15, 0.2) is 0 Å². The van der Waals surface area contributed by atoms with Crippen LogP contribution in [0, 0.1) is 17.8 Å². The van der Waals surface area contributed by atoms with E-state index < -0.39 is 0 Å². The lowest BCUT2D eigenvalue weighted by molar-refractivity contribution is 0.152. The summed E-state index contributed by atoms with van der Waals surface area (Å²) in [5.41, 5.74) is 2.98. The Hall–Kier alpha value is -0.820. The highest BCUT2D eigenvalue weighted by Gasteiger charge is 2.21. The predicted molar refractivity (Wildman–Crippen MR) is 97.1 cm³/mol. The number of aryl methyl sites for hydroxylation is 1. The molecule has 0 atom stereocenters. The Labute approximate surface area is 138 Å². The van der Waals surface area contributed by atoms with E-state index in [2.05, 4.69) is 56.9 Å². The van der Waals surface area contributed by atoms with Crippen molar-refractivity contribution in [2.45, 2.75) is 66.3 Å². The molecule has 1 heteroatoms. The smallest absolute Gasteiger partial charge is 0.0233 e. The first-order valence-corrected chi connectivity index (χ1v) is 9.34. The van der Waals surface area contributed by atoms with E-state index in [4.69, 9.17) is 0 Å². The van der Waals surface area contributed by atoms with Gasteiger partial charge in [-0.25, -0.2) is 0 Å². The van der Waals surface area contributed by atoms with Crippen LogP contribution < -0.4 is 0 Å². The fraction of sp³-hybridized carbons (Fsp3) is 0.714. The van der Waals surface area contributed by atoms with Crippen molar-refractivity contribution in [3.8, 4) is 0 Å². The lowest BCUT2D eigenvalue weighted by Gasteiger charge is -2.33. The lowest BCUT2D eigenvalue weighted by atomic mass is 9.86. The van der Waals surface area contributed by atoms with Gasteiger partial charge in [0.2, 0.25) is 0 Å². The third-order valence-corrected chi connectivity index (χ3v) is 5.25. The number of hydrogen-bond acceptors (Lipinski definition) is 1. The maximum atomic E-state index is 2.63. The van der Waals surface area contributed by atoms with E-state index in [0.29, 0.717) is 0 Å². The van der Waals surface area contributed by atoms with E-state index in [1.54, 1.807) is 0 Å². The van der Waals surface area contributed by atoms with Crippen LogP contribution in [0.15, 0.2) is 24.3 Å². The van der Waals surface area contributed by atoms with E-state index in [1.807, 2.05) is 0 Å². The maximum absolute atomic E-state index is 2.63. The van der Waals surface area contributed by atoms with Crippen LogP contribution in [0.5, 0.6) is 0 Å². The minimum absolute atomic E-state index is 0.827. The molecule has 1 fully saturated rings. The Morgan fingerprint density at radius 2 is 1.55 bits per heavy atom. The highest BCUT2D eigenvalue weighted by atomic mass is 15.1. The van der Waals surface area contributed by atoms with Gasteiger partial charge in [0.1, 0.15) is 0 Å². The summed E-state index contributed by atoms with van der Waals surface area (Å²) in [6.07, 6.45) is 6.65. The first-order chi connectivity index (χ1) is 10.5. The first-order valence-electron chi connectivity index (χ1n) is 9.34. The summed E-state index contributed by atoms with van der Waals surface area (Å²) in [4.78, 5) is 2.63. The SMILES string of the molecule is CC(C)CCCc1ccc(CN2CCC(C(C)C)CC2)cc1. The molecule has 2 rings (SSSR count). The topological polar surface area (TPSA) is 3.24 Å². The second kappa shape index (κ2) is 8.72. The molecule has 22 heavy (non-hydrogen) atoms. The van der Waals surface area contributed by atoms with Crippen molar-refractivity contribution < 1.29 is 0 Å². The molecule has 1 nitrogen and oxygen atoms in total. The summed E-state index contributed by atoms with van der Waals surface area (Å²) in [6, 6.07) is 9.38. The van der Waals surface area contributed by atoms with Gasteiger partial charge in [0.05, 0.1) is 0 Å². The van der Waals surface area contributed by atoms with E-state index in [0.717, 1.165) is 24.3 Å². The van der Waals surface area contributed by atoms with Crippen LogP contribution in [-0.4, -0.2) is 18.0 Å². The van der Waals surface area contributed by atoms with Crippen LogP contribution in [0.2, 0.25) is 0 Å². The molecule has 1 saturated heterocycles. The third kappa shape index (κ3) is 5.76. The second-order valence-corrected chi connectivity index (χ2v) is 7.96. The molecule has 124 valence electrons. The summed E-state index contributed by atoms with van der Waals surface area (Å²) >= 11 is 0. The summed E-state index contributed by atoms with van der Waals surface area (Å²) in [7, 11) is 0. The van der Waals surface area contributed by atoms with Gasteiger partial charge in [-0.15, -0.1) is 0 Å². The molecule has 0 N–H and O–H groups in total. The van der Waals surface area contributed by atoms with Gasteiger partial charge < -0.3 is 0 Å². The number of likely N-dealkylation sites (tertiary alicyclic amines) is 1. The molecule has 1 aromatic carbocycles. The van der Waals surface area contributed by atoms with Crippen LogP contribution in [-0.2, 0) is 13.0 Å². The minimum Gasteiger partial charge on any atom is -0.299 e.